The molecule has 0 nitrogen and oxygen atoms in total. The lowest BCUT2D eigenvalue weighted by Gasteiger charge is -3.19. The van der Waals surface area contributed by atoms with E-state index < -0.39 is 0 Å². The van der Waals surface area contributed by atoms with Crippen LogP contribution in [0.1, 0.15) is 27.7 Å². The van der Waals surface area contributed by atoms with Crippen molar-refractivity contribution in [3.8, 4) is 0 Å². The molecule has 0 aromatic carbocycles. The molecule has 6 aliphatic rings. The van der Waals surface area contributed by atoms with Crippen LogP contribution in [0.5, 0.6) is 0 Å². The molecule has 0 aliphatic heterocycles. The van der Waals surface area contributed by atoms with E-state index in [1.165, 1.54) is 0 Å². The molecule has 0 aromatic rings. The first-order chi connectivity index (χ1) is 5.48. The van der Waals surface area contributed by atoms with E-state index in [9.17, 15) is 0 Å². The zero-order valence-corrected chi connectivity index (χ0v) is 8.31. The van der Waals surface area contributed by atoms with Crippen LogP contribution in [-0.2, 0) is 0 Å². The van der Waals surface area contributed by atoms with Crippen LogP contribution in [0, 0.1) is 45.3 Å². The Kier molecular flexibility index (Phi) is 0.401. The fourth-order valence-corrected chi connectivity index (χ4v) is 8.14. The fraction of sp³-hybridized carbons (Fsp3) is 1.00. The van der Waals surface area contributed by atoms with Gasteiger partial charge in [0.1, 0.15) is 0 Å². The average molecular weight is 160 g/mol. The summed E-state index contributed by atoms with van der Waals surface area (Å²) in [6.45, 7) is 10.3. The predicted molar refractivity (Wildman–Crippen MR) is 46.4 cm³/mol. The molecule has 0 heterocycles. The van der Waals surface area contributed by atoms with Crippen LogP contribution in [0.2, 0.25) is 0 Å². The largest absolute Gasteiger partial charge is 0.0585 e. The van der Waals surface area contributed by atoms with Crippen molar-refractivity contribution < 1.29 is 0 Å². The first-order valence-electron chi connectivity index (χ1n) is 5.48. The van der Waals surface area contributed by atoms with Crippen LogP contribution in [-0.4, -0.2) is 0 Å². The maximum Gasteiger partial charge on any atom is -0.0192 e. The Hall–Kier alpha value is 0. The Balaban J connectivity index is 1.86. The second-order valence-corrected chi connectivity index (χ2v) is 7.04. The first kappa shape index (κ1) is 5.67. The van der Waals surface area contributed by atoms with E-state index in [1.54, 1.807) is 0 Å². The molecule has 0 saturated heterocycles. The Labute approximate surface area is 73.7 Å². The third-order valence-corrected chi connectivity index (χ3v) is 8.16. The number of hydrogen-bond acceptors (Lipinski definition) is 0. The molecule has 0 heteroatoms. The molecule has 0 unspecified atom stereocenters. The van der Waals surface area contributed by atoms with Gasteiger partial charge in [0.05, 0.1) is 0 Å². The lowest BCUT2D eigenvalue weighted by Crippen LogP contribution is -3.16. The summed E-state index contributed by atoms with van der Waals surface area (Å²) in [5.41, 5.74) is 3.37. The smallest absolute Gasteiger partial charge is 0.0192 e. The van der Waals surface area contributed by atoms with Crippen LogP contribution in [0.4, 0.5) is 0 Å². The quantitative estimate of drug-likeness (QED) is 0.511. The topological polar surface area (TPSA) is 0 Å². The normalized spacial score (nSPS) is 101. The Morgan fingerprint density at radius 3 is 0.833 bits per heavy atom. The van der Waals surface area contributed by atoms with Gasteiger partial charge in [-0.15, -0.1) is 0 Å². The fourth-order valence-electron chi connectivity index (χ4n) is 8.14. The highest BCUT2D eigenvalue weighted by Gasteiger charge is 3.15. The minimum Gasteiger partial charge on any atom is -0.0585 e. The zero-order chi connectivity index (χ0) is 8.31. The molecule has 64 valence electrons. The molecule has 6 aliphatic carbocycles. The monoisotopic (exact) mass is 160 g/mol. The van der Waals surface area contributed by atoms with Gasteiger partial charge in [0, 0.05) is 0 Å². The summed E-state index contributed by atoms with van der Waals surface area (Å²) in [5.74, 6) is 4.65. The summed E-state index contributed by atoms with van der Waals surface area (Å²) < 4.78 is 0. The van der Waals surface area contributed by atoms with Crippen molar-refractivity contribution in [1.82, 2.24) is 0 Å². The van der Waals surface area contributed by atoms with E-state index in [4.69, 9.17) is 0 Å². The minimum absolute atomic E-state index is 0.842. The average Bonchev–Trinajstić information content (AvgIpc) is 2.05. The van der Waals surface area contributed by atoms with E-state index in [2.05, 4.69) is 27.7 Å². The molecule has 0 amide bonds. The van der Waals surface area contributed by atoms with E-state index in [0.29, 0.717) is 0 Å². The molecule has 6 rings (SSSR count). The van der Waals surface area contributed by atoms with E-state index in [-0.39, 0.29) is 0 Å². The lowest BCUT2D eigenvalue weighted by molar-refractivity contribution is -0.726. The summed E-state index contributed by atoms with van der Waals surface area (Å²) in [6.07, 6.45) is 0. The van der Waals surface area contributed by atoms with Crippen LogP contribution >= 0.6 is 0 Å². The summed E-state index contributed by atoms with van der Waals surface area (Å²) >= 11 is 0. The second-order valence-electron chi connectivity index (χ2n) is 7.04. The SMILES string of the molecule is CC12C3C4C1(C)C1C2C3(C)C41C. The van der Waals surface area contributed by atoms with Crippen molar-refractivity contribution in [2.45, 2.75) is 27.7 Å². The van der Waals surface area contributed by atoms with Gasteiger partial charge in [-0.2, -0.15) is 0 Å². The summed E-state index contributed by atoms with van der Waals surface area (Å²) in [7, 11) is 0. The molecule has 0 aromatic heterocycles. The van der Waals surface area contributed by atoms with Crippen LogP contribution < -0.4 is 0 Å². The van der Waals surface area contributed by atoms with E-state index in [0.717, 1.165) is 45.3 Å². The zero-order valence-electron chi connectivity index (χ0n) is 8.31. The van der Waals surface area contributed by atoms with Crippen LogP contribution in [0.15, 0.2) is 0 Å². The summed E-state index contributed by atoms with van der Waals surface area (Å²) in [4.78, 5) is 0. The van der Waals surface area contributed by atoms with Crippen molar-refractivity contribution in [3.05, 3.63) is 0 Å². The molecule has 6 fully saturated rings. The van der Waals surface area contributed by atoms with Gasteiger partial charge in [-0.05, 0) is 45.3 Å². The maximum absolute atomic E-state index is 2.58. The van der Waals surface area contributed by atoms with Crippen molar-refractivity contribution in [1.29, 1.82) is 0 Å². The van der Waals surface area contributed by atoms with E-state index >= 15 is 0 Å². The van der Waals surface area contributed by atoms with Crippen molar-refractivity contribution >= 4 is 0 Å². The highest BCUT2D eigenvalue weighted by Crippen LogP contribution is 3.18. The summed E-state index contributed by atoms with van der Waals surface area (Å²) in [5, 5.41) is 0. The summed E-state index contributed by atoms with van der Waals surface area (Å²) in [6, 6.07) is 0. The Bertz CT molecular complexity index is 276. The first-order valence-corrected chi connectivity index (χ1v) is 5.48. The lowest BCUT2D eigenvalue weighted by atomic mass is 8.85. The third-order valence-electron chi connectivity index (χ3n) is 8.16. The molecule has 0 radical (unpaired) electrons. The molecule has 0 N–H and O–H groups in total. The standard InChI is InChI=1S/C12H16/c1-9-5-7-10(9,2)8-6(9)11(5,3)12(7,8)4/h5-8H,1-4H3. The number of hydrogen-bond donors (Lipinski definition) is 0. The molecule has 0 bridgehead atoms. The highest BCUT2D eigenvalue weighted by atomic mass is 15.2. The van der Waals surface area contributed by atoms with Gasteiger partial charge in [-0.3, -0.25) is 0 Å². The number of rotatable bonds is 0. The Morgan fingerprint density at radius 1 is 0.500 bits per heavy atom. The molecule has 0 atom stereocenters. The second kappa shape index (κ2) is 0.849. The van der Waals surface area contributed by atoms with Gasteiger partial charge >= 0.3 is 0 Å². The molecule has 6 saturated carbocycles. The van der Waals surface area contributed by atoms with Crippen LogP contribution in [0.3, 0.4) is 0 Å². The van der Waals surface area contributed by atoms with Gasteiger partial charge in [-0.1, -0.05) is 27.7 Å². The molecular weight excluding hydrogens is 144 g/mol. The van der Waals surface area contributed by atoms with E-state index in [1.807, 2.05) is 0 Å². The highest BCUT2D eigenvalue weighted by molar-refractivity contribution is 5.61. The van der Waals surface area contributed by atoms with Gasteiger partial charge in [-0.25, -0.2) is 0 Å². The van der Waals surface area contributed by atoms with Crippen molar-refractivity contribution in [2.24, 2.45) is 45.3 Å². The maximum atomic E-state index is 2.58. The minimum atomic E-state index is 0.842. The van der Waals surface area contributed by atoms with Gasteiger partial charge in [0.25, 0.3) is 0 Å². The third kappa shape index (κ3) is 0.148. The Morgan fingerprint density at radius 2 is 0.667 bits per heavy atom. The van der Waals surface area contributed by atoms with Gasteiger partial charge in [0.15, 0.2) is 0 Å². The molecular formula is C12H16. The van der Waals surface area contributed by atoms with Crippen molar-refractivity contribution in [3.63, 3.8) is 0 Å². The molecule has 0 spiro atoms. The molecule has 12 heavy (non-hydrogen) atoms. The van der Waals surface area contributed by atoms with Crippen LogP contribution in [0.25, 0.3) is 0 Å². The van der Waals surface area contributed by atoms with Gasteiger partial charge < -0.3 is 0 Å². The van der Waals surface area contributed by atoms with Crippen molar-refractivity contribution in [2.75, 3.05) is 0 Å². The van der Waals surface area contributed by atoms with Gasteiger partial charge in [0.2, 0.25) is 0 Å². The predicted octanol–water partition coefficient (Wildman–Crippen LogP) is 2.54.